The third-order valence-corrected chi connectivity index (χ3v) is 5.87. The number of likely N-dealkylation sites (tertiary alicyclic amines) is 1. The summed E-state index contributed by atoms with van der Waals surface area (Å²) in [4.78, 5) is 15.0. The molecule has 0 atom stereocenters. The minimum Gasteiger partial charge on any atom is -0.490 e. The number of carbonyl (C=O) groups excluding carboxylic acids is 1. The van der Waals surface area contributed by atoms with Gasteiger partial charge in [-0.25, -0.2) is 0 Å². The molecule has 0 radical (unpaired) electrons. The predicted molar refractivity (Wildman–Crippen MR) is 113 cm³/mol. The van der Waals surface area contributed by atoms with Crippen molar-refractivity contribution in [2.24, 2.45) is 14.1 Å². The van der Waals surface area contributed by atoms with E-state index < -0.39 is 0 Å². The van der Waals surface area contributed by atoms with Gasteiger partial charge in [-0.1, -0.05) is 24.3 Å². The van der Waals surface area contributed by atoms with Crippen LogP contribution in [-0.2, 0) is 14.1 Å². The van der Waals surface area contributed by atoms with Crippen LogP contribution in [-0.4, -0.2) is 44.3 Å². The van der Waals surface area contributed by atoms with Gasteiger partial charge < -0.3 is 14.2 Å². The number of carbonyl (C=O) groups is 1. The molecule has 0 saturated carbocycles. The van der Waals surface area contributed by atoms with Crippen molar-refractivity contribution in [1.82, 2.24) is 19.2 Å². The minimum absolute atomic E-state index is 0.00501. The number of aryl methyl sites for hydroxylation is 2. The molecule has 2 aromatic carbocycles. The lowest BCUT2D eigenvalue weighted by molar-refractivity contribution is 0.0593. The minimum atomic E-state index is 0.00501. The first kappa shape index (κ1) is 17.8. The van der Waals surface area contributed by atoms with Crippen LogP contribution < -0.4 is 4.74 Å². The number of para-hydroxylation sites is 1. The standard InChI is InChI=1S/C23H24N4O2/c1-25-13-12-17-19(25)8-5-9-21(17)29-16-10-14-27(15-11-16)23(28)22-18-6-3-4-7-20(18)26(2)24-22/h3-9,12-13,16H,10-11,14-15H2,1-2H3. The Bertz CT molecular complexity index is 1200. The summed E-state index contributed by atoms with van der Waals surface area (Å²) in [5.41, 5.74) is 2.68. The predicted octanol–water partition coefficient (Wildman–Crippen LogP) is 3.75. The van der Waals surface area contributed by atoms with Crippen molar-refractivity contribution in [3.63, 3.8) is 0 Å². The summed E-state index contributed by atoms with van der Waals surface area (Å²) in [6.07, 6.45) is 3.81. The summed E-state index contributed by atoms with van der Waals surface area (Å²) >= 11 is 0. The highest BCUT2D eigenvalue weighted by atomic mass is 16.5. The average molecular weight is 388 g/mol. The van der Waals surface area contributed by atoms with E-state index in [0.29, 0.717) is 18.8 Å². The molecule has 148 valence electrons. The number of rotatable bonds is 3. The van der Waals surface area contributed by atoms with Crippen LogP contribution in [0.4, 0.5) is 0 Å². The molecule has 0 spiro atoms. The lowest BCUT2D eigenvalue weighted by Gasteiger charge is -2.32. The third-order valence-electron chi connectivity index (χ3n) is 5.87. The zero-order chi connectivity index (χ0) is 20.0. The van der Waals surface area contributed by atoms with E-state index in [1.54, 1.807) is 4.68 Å². The number of benzene rings is 2. The summed E-state index contributed by atoms with van der Waals surface area (Å²) in [5.74, 6) is 0.925. The third kappa shape index (κ3) is 3.05. The van der Waals surface area contributed by atoms with Gasteiger partial charge in [0.25, 0.3) is 5.91 Å². The second kappa shape index (κ2) is 6.95. The Morgan fingerprint density at radius 3 is 2.55 bits per heavy atom. The number of hydrogen-bond acceptors (Lipinski definition) is 3. The Kier molecular flexibility index (Phi) is 4.27. The molecule has 1 aliphatic heterocycles. The quantitative estimate of drug-likeness (QED) is 0.537. The smallest absolute Gasteiger partial charge is 0.275 e. The zero-order valence-corrected chi connectivity index (χ0v) is 16.7. The SMILES string of the molecule is Cn1ccc2c(OC3CCN(C(=O)c4nn(C)c5ccccc45)CC3)cccc21. The fraction of sp³-hybridized carbons (Fsp3) is 0.304. The Balaban J connectivity index is 1.29. The summed E-state index contributed by atoms with van der Waals surface area (Å²) in [5, 5.41) is 6.52. The van der Waals surface area contributed by atoms with E-state index in [1.165, 1.54) is 0 Å². The molecule has 6 nitrogen and oxygen atoms in total. The van der Waals surface area contributed by atoms with Gasteiger partial charge in [0.2, 0.25) is 0 Å². The number of amides is 1. The van der Waals surface area contributed by atoms with Gasteiger partial charge in [0.05, 0.1) is 11.0 Å². The van der Waals surface area contributed by atoms with Crippen LogP contribution in [0.2, 0.25) is 0 Å². The van der Waals surface area contributed by atoms with Gasteiger partial charge >= 0.3 is 0 Å². The van der Waals surface area contributed by atoms with Gasteiger partial charge in [-0.15, -0.1) is 0 Å². The van der Waals surface area contributed by atoms with Crippen molar-refractivity contribution in [3.05, 3.63) is 60.4 Å². The van der Waals surface area contributed by atoms with E-state index in [9.17, 15) is 4.79 Å². The van der Waals surface area contributed by atoms with Gasteiger partial charge in [0.15, 0.2) is 5.69 Å². The van der Waals surface area contributed by atoms with Gasteiger partial charge in [-0.2, -0.15) is 5.10 Å². The number of ether oxygens (including phenoxy) is 1. The Morgan fingerprint density at radius 1 is 0.966 bits per heavy atom. The molecular weight excluding hydrogens is 364 g/mol. The highest BCUT2D eigenvalue weighted by Gasteiger charge is 2.27. The largest absolute Gasteiger partial charge is 0.490 e. The lowest BCUT2D eigenvalue weighted by Crippen LogP contribution is -2.42. The molecule has 0 unspecified atom stereocenters. The van der Waals surface area contributed by atoms with Crippen molar-refractivity contribution in [3.8, 4) is 5.75 Å². The molecule has 1 saturated heterocycles. The van der Waals surface area contributed by atoms with Gasteiger partial charge in [-0.3, -0.25) is 9.48 Å². The molecule has 3 heterocycles. The molecule has 0 aliphatic carbocycles. The van der Waals surface area contributed by atoms with Crippen LogP contribution in [0.15, 0.2) is 54.7 Å². The van der Waals surface area contributed by atoms with E-state index >= 15 is 0 Å². The van der Waals surface area contributed by atoms with Gasteiger partial charge in [0, 0.05) is 57.0 Å². The second-order valence-corrected chi connectivity index (χ2v) is 7.71. The molecule has 2 aromatic heterocycles. The molecule has 1 fully saturated rings. The van der Waals surface area contributed by atoms with Crippen molar-refractivity contribution < 1.29 is 9.53 Å². The molecule has 5 rings (SSSR count). The maximum Gasteiger partial charge on any atom is 0.275 e. The maximum absolute atomic E-state index is 13.1. The van der Waals surface area contributed by atoms with E-state index in [0.717, 1.165) is 40.4 Å². The number of aromatic nitrogens is 3. The number of nitrogens with zero attached hydrogens (tertiary/aromatic N) is 4. The Morgan fingerprint density at radius 2 is 1.72 bits per heavy atom. The fourth-order valence-corrected chi connectivity index (χ4v) is 4.25. The van der Waals surface area contributed by atoms with Crippen molar-refractivity contribution in [2.75, 3.05) is 13.1 Å². The first-order valence-electron chi connectivity index (χ1n) is 10.0. The van der Waals surface area contributed by atoms with E-state index in [4.69, 9.17) is 4.74 Å². The van der Waals surface area contributed by atoms with E-state index in [-0.39, 0.29) is 12.0 Å². The van der Waals surface area contributed by atoms with E-state index in [1.807, 2.05) is 55.4 Å². The second-order valence-electron chi connectivity index (χ2n) is 7.71. The highest BCUT2D eigenvalue weighted by Crippen LogP contribution is 2.29. The molecule has 6 heteroatoms. The number of piperidine rings is 1. The molecule has 0 bridgehead atoms. The summed E-state index contributed by atoms with van der Waals surface area (Å²) < 4.78 is 10.2. The van der Waals surface area contributed by atoms with Crippen molar-refractivity contribution in [2.45, 2.75) is 18.9 Å². The lowest BCUT2D eigenvalue weighted by atomic mass is 10.1. The number of fused-ring (bicyclic) bond motifs is 2. The van der Waals surface area contributed by atoms with E-state index in [2.05, 4.69) is 28.0 Å². The molecule has 4 aromatic rings. The average Bonchev–Trinajstić information content (AvgIpc) is 3.30. The summed E-state index contributed by atoms with van der Waals surface area (Å²) in [7, 11) is 3.92. The van der Waals surface area contributed by atoms with Crippen LogP contribution >= 0.6 is 0 Å². The van der Waals surface area contributed by atoms with Gasteiger partial charge in [-0.05, 0) is 24.3 Å². The van der Waals surface area contributed by atoms with Crippen LogP contribution in [0.3, 0.4) is 0 Å². The normalized spacial score (nSPS) is 15.3. The maximum atomic E-state index is 13.1. The summed E-state index contributed by atoms with van der Waals surface area (Å²) in [6.45, 7) is 1.36. The Labute approximate surface area is 169 Å². The van der Waals surface area contributed by atoms with Crippen LogP contribution in [0.5, 0.6) is 5.75 Å². The highest BCUT2D eigenvalue weighted by molar-refractivity contribution is 6.04. The molecule has 1 aliphatic rings. The molecule has 29 heavy (non-hydrogen) atoms. The monoisotopic (exact) mass is 388 g/mol. The summed E-state index contributed by atoms with van der Waals surface area (Å²) in [6, 6.07) is 16.1. The first-order chi connectivity index (χ1) is 14.1. The van der Waals surface area contributed by atoms with Crippen LogP contribution in [0.25, 0.3) is 21.8 Å². The molecular formula is C23H24N4O2. The van der Waals surface area contributed by atoms with Gasteiger partial charge in [0.1, 0.15) is 11.9 Å². The van der Waals surface area contributed by atoms with Crippen LogP contribution in [0.1, 0.15) is 23.3 Å². The molecule has 1 amide bonds. The van der Waals surface area contributed by atoms with Crippen LogP contribution in [0, 0.1) is 0 Å². The van der Waals surface area contributed by atoms with Crippen molar-refractivity contribution in [1.29, 1.82) is 0 Å². The Hall–Kier alpha value is -3.28. The molecule has 0 N–H and O–H groups in total. The fourth-order valence-electron chi connectivity index (χ4n) is 4.25. The first-order valence-corrected chi connectivity index (χ1v) is 10.0. The van der Waals surface area contributed by atoms with Crippen molar-refractivity contribution >= 4 is 27.7 Å². The number of hydrogen-bond donors (Lipinski definition) is 0. The zero-order valence-electron chi connectivity index (χ0n) is 16.7. The topological polar surface area (TPSA) is 52.3 Å².